The Balaban J connectivity index is 2.03. The van der Waals surface area contributed by atoms with Crippen LogP contribution in [0.4, 0.5) is 5.69 Å². The highest BCUT2D eigenvalue weighted by atomic mass is 127. The van der Waals surface area contributed by atoms with Crippen molar-refractivity contribution in [3.05, 3.63) is 57.2 Å². The number of ether oxygens (including phenoxy) is 2. The molecule has 0 fully saturated rings. The standard InChI is InChI=1S/C15H14INO3/c1-19-14-8-11(4-7-13(14)17)15(18)20-9-10-2-5-12(16)6-3-10/h2-8H,9,17H2,1H3. The van der Waals surface area contributed by atoms with Gasteiger partial charge in [0.15, 0.2) is 0 Å². The molecule has 0 aromatic heterocycles. The lowest BCUT2D eigenvalue weighted by Crippen LogP contribution is -2.06. The van der Waals surface area contributed by atoms with Crippen molar-refractivity contribution in [2.24, 2.45) is 0 Å². The quantitative estimate of drug-likeness (QED) is 0.500. The van der Waals surface area contributed by atoms with Gasteiger partial charge in [-0.05, 0) is 58.5 Å². The normalized spacial score (nSPS) is 10.1. The fourth-order valence-corrected chi connectivity index (χ4v) is 2.01. The van der Waals surface area contributed by atoms with Crippen LogP contribution in [0, 0.1) is 3.57 Å². The Labute approximate surface area is 131 Å². The summed E-state index contributed by atoms with van der Waals surface area (Å²) in [5.74, 6) is 0.0653. The van der Waals surface area contributed by atoms with Gasteiger partial charge in [0, 0.05) is 3.57 Å². The van der Waals surface area contributed by atoms with Crippen LogP contribution in [0.3, 0.4) is 0 Å². The third-order valence-corrected chi connectivity index (χ3v) is 3.47. The summed E-state index contributed by atoms with van der Waals surface area (Å²) in [7, 11) is 1.51. The van der Waals surface area contributed by atoms with Crippen molar-refractivity contribution in [1.29, 1.82) is 0 Å². The van der Waals surface area contributed by atoms with Gasteiger partial charge in [-0.25, -0.2) is 4.79 Å². The SMILES string of the molecule is COc1cc(C(=O)OCc2ccc(I)cc2)ccc1N. The minimum absolute atomic E-state index is 0.239. The molecule has 0 saturated carbocycles. The predicted octanol–water partition coefficient (Wildman–Crippen LogP) is 3.24. The lowest BCUT2D eigenvalue weighted by molar-refractivity contribution is 0.0472. The minimum Gasteiger partial charge on any atom is -0.495 e. The smallest absolute Gasteiger partial charge is 0.338 e. The van der Waals surface area contributed by atoms with E-state index >= 15 is 0 Å². The lowest BCUT2D eigenvalue weighted by atomic mass is 10.2. The predicted molar refractivity (Wildman–Crippen MR) is 85.7 cm³/mol. The molecule has 2 rings (SSSR count). The fourth-order valence-electron chi connectivity index (χ4n) is 1.65. The number of esters is 1. The zero-order valence-corrected chi connectivity index (χ0v) is 13.1. The molecule has 0 unspecified atom stereocenters. The number of nitrogen functional groups attached to an aromatic ring is 1. The second-order valence-corrected chi connectivity index (χ2v) is 5.40. The topological polar surface area (TPSA) is 61.5 Å². The van der Waals surface area contributed by atoms with Gasteiger partial charge in [-0.1, -0.05) is 12.1 Å². The summed E-state index contributed by atoms with van der Waals surface area (Å²) in [5, 5.41) is 0. The van der Waals surface area contributed by atoms with Crippen LogP contribution in [0.25, 0.3) is 0 Å². The van der Waals surface area contributed by atoms with Crippen molar-refractivity contribution in [3.8, 4) is 5.75 Å². The molecule has 0 saturated heterocycles. The van der Waals surface area contributed by atoms with E-state index in [0.29, 0.717) is 17.0 Å². The van der Waals surface area contributed by atoms with E-state index in [1.807, 2.05) is 24.3 Å². The number of rotatable bonds is 4. The summed E-state index contributed by atoms with van der Waals surface area (Å²) in [5.41, 5.74) is 7.55. The van der Waals surface area contributed by atoms with E-state index in [4.69, 9.17) is 15.2 Å². The molecular formula is C15H14INO3. The number of benzene rings is 2. The number of hydrogen-bond donors (Lipinski definition) is 1. The molecule has 0 heterocycles. The first-order valence-corrected chi connectivity index (χ1v) is 7.03. The van der Waals surface area contributed by atoms with E-state index in [1.165, 1.54) is 7.11 Å². The van der Waals surface area contributed by atoms with Gasteiger partial charge in [0.1, 0.15) is 12.4 Å². The molecule has 0 aliphatic heterocycles. The molecule has 20 heavy (non-hydrogen) atoms. The maximum absolute atomic E-state index is 11.9. The highest BCUT2D eigenvalue weighted by Gasteiger charge is 2.10. The highest BCUT2D eigenvalue weighted by molar-refractivity contribution is 14.1. The summed E-state index contributed by atoms with van der Waals surface area (Å²) in [6, 6.07) is 12.6. The van der Waals surface area contributed by atoms with Gasteiger partial charge in [-0.3, -0.25) is 0 Å². The summed E-state index contributed by atoms with van der Waals surface area (Å²) in [6.45, 7) is 0.239. The summed E-state index contributed by atoms with van der Waals surface area (Å²) < 4.78 is 11.5. The Kier molecular flexibility index (Phi) is 4.84. The maximum Gasteiger partial charge on any atom is 0.338 e. The first-order chi connectivity index (χ1) is 9.60. The van der Waals surface area contributed by atoms with Crippen LogP contribution in [0.15, 0.2) is 42.5 Å². The van der Waals surface area contributed by atoms with Gasteiger partial charge >= 0.3 is 5.97 Å². The highest BCUT2D eigenvalue weighted by Crippen LogP contribution is 2.22. The Morgan fingerprint density at radius 1 is 1.20 bits per heavy atom. The van der Waals surface area contributed by atoms with Gasteiger partial charge < -0.3 is 15.2 Å². The van der Waals surface area contributed by atoms with E-state index in [2.05, 4.69) is 22.6 Å². The van der Waals surface area contributed by atoms with Crippen molar-refractivity contribution in [2.75, 3.05) is 12.8 Å². The van der Waals surface area contributed by atoms with E-state index in [-0.39, 0.29) is 6.61 Å². The fraction of sp³-hybridized carbons (Fsp3) is 0.133. The first-order valence-electron chi connectivity index (χ1n) is 5.95. The van der Waals surface area contributed by atoms with Crippen molar-refractivity contribution in [1.82, 2.24) is 0 Å². The Morgan fingerprint density at radius 2 is 1.90 bits per heavy atom. The average molecular weight is 383 g/mol. The molecule has 0 radical (unpaired) electrons. The Morgan fingerprint density at radius 3 is 2.55 bits per heavy atom. The molecule has 0 aliphatic carbocycles. The molecular weight excluding hydrogens is 369 g/mol. The van der Waals surface area contributed by atoms with E-state index in [1.54, 1.807) is 18.2 Å². The van der Waals surface area contributed by atoms with E-state index in [9.17, 15) is 4.79 Å². The number of methoxy groups -OCH3 is 1. The molecule has 2 aromatic rings. The Hall–Kier alpha value is -1.76. The van der Waals surface area contributed by atoms with Crippen molar-refractivity contribution >= 4 is 34.2 Å². The van der Waals surface area contributed by atoms with E-state index < -0.39 is 5.97 Å². The zero-order valence-electron chi connectivity index (χ0n) is 10.9. The third-order valence-electron chi connectivity index (χ3n) is 2.75. The van der Waals surface area contributed by atoms with Crippen LogP contribution >= 0.6 is 22.6 Å². The largest absolute Gasteiger partial charge is 0.495 e. The van der Waals surface area contributed by atoms with Crippen molar-refractivity contribution in [3.63, 3.8) is 0 Å². The molecule has 0 spiro atoms. The Bertz CT molecular complexity index is 611. The lowest BCUT2D eigenvalue weighted by Gasteiger charge is -2.08. The van der Waals surface area contributed by atoms with Gasteiger partial charge in [-0.2, -0.15) is 0 Å². The van der Waals surface area contributed by atoms with Gasteiger partial charge in [0.25, 0.3) is 0 Å². The summed E-state index contributed by atoms with van der Waals surface area (Å²) >= 11 is 2.22. The minimum atomic E-state index is -0.401. The van der Waals surface area contributed by atoms with Crippen LogP contribution in [0.2, 0.25) is 0 Å². The molecule has 0 bridgehead atoms. The van der Waals surface area contributed by atoms with Crippen LogP contribution < -0.4 is 10.5 Å². The second-order valence-electron chi connectivity index (χ2n) is 4.16. The second kappa shape index (κ2) is 6.60. The first kappa shape index (κ1) is 14.6. The molecule has 2 N–H and O–H groups in total. The van der Waals surface area contributed by atoms with Gasteiger partial charge in [-0.15, -0.1) is 0 Å². The molecule has 0 aliphatic rings. The van der Waals surface area contributed by atoms with Crippen LogP contribution in [0.1, 0.15) is 15.9 Å². The molecule has 4 nitrogen and oxygen atoms in total. The summed E-state index contributed by atoms with van der Waals surface area (Å²) in [4.78, 5) is 11.9. The number of anilines is 1. The third kappa shape index (κ3) is 3.63. The van der Waals surface area contributed by atoms with Crippen molar-refractivity contribution in [2.45, 2.75) is 6.61 Å². The van der Waals surface area contributed by atoms with E-state index in [0.717, 1.165) is 9.13 Å². The summed E-state index contributed by atoms with van der Waals surface area (Å²) in [6.07, 6.45) is 0. The number of hydrogen-bond acceptors (Lipinski definition) is 4. The number of halogens is 1. The van der Waals surface area contributed by atoms with Gasteiger partial charge in [0.05, 0.1) is 18.4 Å². The average Bonchev–Trinajstić information content (AvgIpc) is 2.47. The van der Waals surface area contributed by atoms with Crippen LogP contribution in [0.5, 0.6) is 5.75 Å². The van der Waals surface area contributed by atoms with Crippen LogP contribution in [-0.4, -0.2) is 13.1 Å². The van der Waals surface area contributed by atoms with Crippen molar-refractivity contribution < 1.29 is 14.3 Å². The molecule has 0 amide bonds. The monoisotopic (exact) mass is 383 g/mol. The number of nitrogens with two attached hydrogens (primary N) is 1. The number of carbonyl (C=O) groups is 1. The molecule has 2 aromatic carbocycles. The number of carbonyl (C=O) groups excluding carboxylic acids is 1. The molecule has 0 atom stereocenters. The maximum atomic E-state index is 11.9. The zero-order chi connectivity index (χ0) is 14.5. The van der Waals surface area contributed by atoms with Crippen LogP contribution in [-0.2, 0) is 11.3 Å². The molecule has 104 valence electrons. The molecule has 5 heteroatoms. The van der Waals surface area contributed by atoms with Gasteiger partial charge in [0.2, 0.25) is 0 Å².